The Kier molecular flexibility index (Phi) is 4.52. The maximum absolute atomic E-state index is 5.76. The normalized spacial score (nSPS) is 10.5. The van der Waals surface area contributed by atoms with Crippen molar-refractivity contribution in [3.05, 3.63) is 65.2 Å². The van der Waals surface area contributed by atoms with E-state index >= 15 is 0 Å². The van der Waals surface area contributed by atoms with Gasteiger partial charge in [0.2, 0.25) is 0 Å². The predicted octanol–water partition coefficient (Wildman–Crippen LogP) is 5.03. The molecule has 17 heavy (non-hydrogen) atoms. The van der Waals surface area contributed by atoms with E-state index in [1.165, 1.54) is 21.6 Å². The van der Waals surface area contributed by atoms with Gasteiger partial charge in [-0.3, -0.25) is 0 Å². The summed E-state index contributed by atoms with van der Waals surface area (Å²) in [5.74, 6) is 1.60. The van der Waals surface area contributed by atoms with Gasteiger partial charge in [0, 0.05) is 16.5 Å². The Hall–Kier alpha value is -0.920. The average molecular weight is 263 g/mol. The molecule has 0 atom stereocenters. The van der Waals surface area contributed by atoms with Crippen molar-refractivity contribution in [2.45, 2.75) is 23.5 Å². The van der Waals surface area contributed by atoms with Gasteiger partial charge in [0.1, 0.15) is 0 Å². The van der Waals surface area contributed by atoms with Crippen LogP contribution in [-0.4, -0.2) is 0 Å². The van der Waals surface area contributed by atoms with E-state index in [9.17, 15) is 0 Å². The van der Waals surface area contributed by atoms with Crippen LogP contribution in [0, 0.1) is 6.92 Å². The van der Waals surface area contributed by atoms with Crippen molar-refractivity contribution in [1.82, 2.24) is 0 Å². The highest BCUT2D eigenvalue weighted by Gasteiger charge is 1.97. The van der Waals surface area contributed by atoms with Crippen LogP contribution in [0.2, 0.25) is 0 Å². The fraction of sp³-hybridized carbons (Fsp3) is 0.200. The molecule has 0 saturated carbocycles. The molecule has 0 aromatic heterocycles. The highest BCUT2D eigenvalue weighted by molar-refractivity contribution is 7.98. The van der Waals surface area contributed by atoms with Gasteiger partial charge in [0.25, 0.3) is 0 Å². The van der Waals surface area contributed by atoms with Crippen molar-refractivity contribution in [1.29, 1.82) is 0 Å². The molecule has 0 spiro atoms. The van der Waals surface area contributed by atoms with Crippen molar-refractivity contribution in [3.8, 4) is 0 Å². The highest BCUT2D eigenvalue weighted by Crippen LogP contribution is 2.23. The molecule has 0 aliphatic rings. The van der Waals surface area contributed by atoms with Crippen LogP contribution < -0.4 is 0 Å². The van der Waals surface area contributed by atoms with Gasteiger partial charge < -0.3 is 0 Å². The lowest BCUT2D eigenvalue weighted by Crippen LogP contribution is -1.82. The molecule has 0 aliphatic carbocycles. The topological polar surface area (TPSA) is 0 Å². The quantitative estimate of drug-likeness (QED) is 0.550. The second-order valence-corrected chi connectivity index (χ2v) is 5.37. The summed E-state index contributed by atoms with van der Waals surface area (Å²) in [5, 5.41) is 0. The van der Waals surface area contributed by atoms with Crippen LogP contribution in [0.1, 0.15) is 16.7 Å². The molecule has 2 aromatic rings. The van der Waals surface area contributed by atoms with Crippen LogP contribution in [0.25, 0.3) is 0 Å². The summed E-state index contributed by atoms with van der Waals surface area (Å²) in [6.07, 6.45) is 0. The average Bonchev–Trinajstić information content (AvgIpc) is 2.37. The maximum Gasteiger partial charge on any atom is 0.0474 e. The second-order valence-electron chi connectivity index (χ2n) is 4.06. The minimum Gasteiger partial charge on any atom is -0.122 e. The van der Waals surface area contributed by atoms with E-state index in [4.69, 9.17) is 11.6 Å². The predicted molar refractivity (Wildman–Crippen MR) is 76.7 cm³/mol. The second kappa shape index (κ2) is 6.13. The molecule has 0 amide bonds. The molecule has 0 saturated heterocycles. The van der Waals surface area contributed by atoms with Crippen molar-refractivity contribution in [3.63, 3.8) is 0 Å². The van der Waals surface area contributed by atoms with Crippen molar-refractivity contribution in [2.24, 2.45) is 0 Å². The fourth-order valence-electron chi connectivity index (χ4n) is 1.64. The standard InChI is InChI=1S/C15H15ClS/c1-12-3-2-4-14(9-12)11-17-15-7-5-13(10-16)6-8-15/h2-9H,10-11H2,1H3. The largest absolute Gasteiger partial charge is 0.122 e. The highest BCUT2D eigenvalue weighted by atomic mass is 35.5. The van der Waals surface area contributed by atoms with E-state index in [1.807, 2.05) is 11.8 Å². The van der Waals surface area contributed by atoms with E-state index < -0.39 is 0 Å². The Balaban J connectivity index is 1.97. The van der Waals surface area contributed by atoms with Crippen LogP contribution >= 0.6 is 23.4 Å². The summed E-state index contributed by atoms with van der Waals surface area (Å²) in [4.78, 5) is 1.29. The molecular weight excluding hydrogens is 248 g/mol. The first-order chi connectivity index (χ1) is 8.28. The number of rotatable bonds is 4. The van der Waals surface area contributed by atoms with Crippen LogP contribution in [0.4, 0.5) is 0 Å². The van der Waals surface area contributed by atoms with Gasteiger partial charge >= 0.3 is 0 Å². The van der Waals surface area contributed by atoms with Crippen molar-refractivity contribution in [2.75, 3.05) is 0 Å². The minimum absolute atomic E-state index is 0.586. The van der Waals surface area contributed by atoms with Gasteiger partial charge in [-0.1, -0.05) is 42.0 Å². The lowest BCUT2D eigenvalue weighted by molar-refractivity contribution is 1.32. The van der Waals surface area contributed by atoms with Crippen LogP contribution in [0.15, 0.2) is 53.4 Å². The number of aryl methyl sites for hydroxylation is 1. The summed E-state index contributed by atoms with van der Waals surface area (Å²) in [6, 6.07) is 17.1. The molecule has 2 rings (SSSR count). The van der Waals surface area contributed by atoms with Crippen molar-refractivity contribution >= 4 is 23.4 Å². The third-order valence-corrected chi connectivity index (χ3v) is 3.96. The van der Waals surface area contributed by atoms with Gasteiger partial charge in [-0.2, -0.15) is 0 Å². The Morgan fingerprint density at radius 2 is 1.76 bits per heavy atom. The molecule has 0 radical (unpaired) electrons. The van der Waals surface area contributed by atoms with E-state index in [2.05, 4.69) is 55.5 Å². The third kappa shape index (κ3) is 3.79. The Labute approximate surface area is 112 Å². The number of hydrogen-bond acceptors (Lipinski definition) is 1. The van der Waals surface area contributed by atoms with Crippen LogP contribution in [0.3, 0.4) is 0 Å². The van der Waals surface area contributed by atoms with E-state index in [1.54, 1.807) is 0 Å². The van der Waals surface area contributed by atoms with Gasteiger partial charge in [-0.05, 0) is 30.2 Å². The molecule has 2 aromatic carbocycles. The molecule has 0 N–H and O–H groups in total. The maximum atomic E-state index is 5.76. The first-order valence-electron chi connectivity index (χ1n) is 5.61. The Morgan fingerprint density at radius 1 is 1.00 bits per heavy atom. The van der Waals surface area contributed by atoms with Gasteiger partial charge in [0.05, 0.1) is 0 Å². The molecule has 0 heterocycles. The van der Waals surface area contributed by atoms with Crippen LogP contribution in [0.5, 0.6) is 0 Å². The molecule has 0 aliphatic heterocycles. The molecular formula is C15H15ClS. The van der Waals surface area contributed by atoms with Gasteiger partial charge in [-0.25, -0.2) is 0 Å². The summed E-state index contributed by atoms with van der Waals surface area (Å²) in [6.45, 7) is 2.13. The zero-order valence-corrected chi connectivity index (χ0v) is 11.4. The first kappa shape index (κ1) is 12.5. The summed E-state index contributed by atoms with van der Waals surface area (Å²) >= 11 is 7.62. The van der Waals surface area contributed by atoms with E-state index in [0.29, 0.717) is 5.88 Å². The van der Waals surface area contributed by atoms with E-state index in [0.717, 1.165) is 5.75 Å². The minimum atomic E-state index is 0.586. The first-order valence-corrected chi connectivity index (χ1v) is 7.13. The Bertz CT molecular complexity index is 477. The Morgan fingerprint density at radius 3 is 2.41 bits per heavy atom. The summed E-state index contributed by atoms with van der Waals surface area (Å²) in [5.41, 5.74) is 3.86. The monoisotopic (exact) mass is 262 g/mol. The van der Waals surface area contributed by atoms with Crippen LogP contribution in [-0.2, 0) is 11.6 Å². The lowest BCUT2D eigenvalue weighted by Gasteiger charge is -2.04. The number of thioether (sulfide) groups is 1. The van der Waals surface area contributed by atoms with E-state index in [-0.39, 0.29) is 0 Å². The molecule has 0 unspecified atom stereocenters. The van der Waals surface area contributed by atoms with Gasteiger partial charge in [0.15, 0.2) is 0 Å². The number of alkyl halides is 1. The molecule has 0 nitrogen and oxygen atoms in total. The summed E-state index contributed by atoms with van der Waals surface area (Å²) in [7, 11) is 0. The number of hydrogen-bond donors (Lipinski definition) is 0. The fourth-order valence-corrected chi connectivity index (χ4v) is 2.66. The third-order valence-electron chi connectivity index (χ3n) is 2.57. The SMILES string of the molecule is Cc1cccc(CSc2ccc(CCl)cc2)c1. The molecule has 0 bridgehead atoms. The lowest BCUT2D eigenvalue weighted by atomic mass is 10.2. The van der Waals surface area contributed by atoms with Gasteiger partial charge in [-0.15, -0.1) is 23.4 Å². The number of benzene rings is 2. The smallest absolute Gasteiger partial charge is 0.0474 e. The zero-order chi connectivity index (χ0) is 12.1. The summed E-state index contributed by atoms with van der Waals surface area (Å²) < 4.78 is 0. The van der Waals surface area contributed by atoms with Crippen molar-refractivity contribution < 1.29 is 0 Å². The molecule has 0 fully saturated rings. The zero-order valence-electron chi connectivity index (χ0n) is 9.82. The molecule has 88 valence electrons. The number of halogens is 1. The molecule has 2 heteroatoms.